The van der Waals surface area contributed by atoms with E-state index in [1.165, 1.54) is 35.7 Å². The van der Waals surface area contributed by atoms with Crippen LogP contribution in [0.25, 0.3) is 22.3 Å². The van der Waals surface area contributed by atoms with Gasteiger partial charge in [0.1, 0.15) is 40.9 Å². The van der Waals surface area contributed by atoms with E-state index < -0.39 is 5.82 Å². The number of hydrogen-bond donors (Lipinski definition) is 3. The second-order valence-corrected chi connectivity index (χ2v) is 6.86. The normalized spacial score (nSPS) is 11.0. The summed E-state index contributed by atoms with van der Waals surface area (Å²) in [6.45, 7) is 0.339. The van der Waals surface area contributed by atoms with Gasteiger partial charge in [0.25, 0.3) is 5.56 Å². The SMILES string of the molecule is O=c1[nH]c(COc2cccc(F)c2)nc2c(-c3csc(NCCO)n3)nccc12. The third-order valence-corrected chi connectivity index (χ3v) is 4.78. The Kier molecular flexibility index (Phi) is 5.45. The number of aromatic amines is 1. The molecule has 0 atom stereocenters. The van der Waals surface area contributed by atoms with Crippen LogP contribution in [0.5, 0.6) is 5.75 Å². The lowest BCUT2D eigenvalue weighted by Gasteiger charge is -2.08. The number of hydrogen-bond acceptors (Lipinski definition) is 8. The van der Waals surface area contributed by atoms with Crippen molar-refractivity contribution in [3.8, 4) is 17.1 Å². The predicted molar refractivity (Wildman–Crippen MR) is 108 cm³/mol. The highest BCUT2D eigenvalue weighted by Gasteiger charge is 2.14. The van der Waals surface area contributed by atoms with Crippen LogP contribution >= 0.6 is 11.3 Å². The molecule has 0 saturated heterocycles. The van der Waals surface area contributed by atoms with Gasteiger partial charge in [-0.05, 0) is 18.2 Å². The van der Waals surface area contributed by atoms with Crippen molar-refractivity contribution >= 4 is 27.4 Å². The molecule has 0 radical (unpaired) electrons. The molecule has 3 aromatic heterocycles. The molecule has 148 valence electrons. The van der Waals surface area contributed by atoms with E-state index in [2.05, 4.69) is 25.3 Å². The van der Waals surface area contributed by atoms with Gasteiger partial charge in [0.15, 0.2) is 5.13 Å². The largest absolute Gasteiger partial charge is 0.486 e. The lowest BCUT2D eigenvalue weighted by molar-refractivity contribution is 0.294. The van der Waals surface area contributed by atoms with Gasteiger partial charge in [-0.15, -0.1) is 11.3 Å². The van der Waals surface area contributed by atoms with Gasteiger partial charge in [0.2, 0.25) is 0 Å². The maximum Gasteiger partial charge on any atom is 0.258 e. The van der Waals surface area contributed by atoms with Crippen LogP contribution in [0.3, 0.4) is 0 Å². The van der Waals surface area contributed by atoms with Gasteiger partial charge < -0.3 is 20.1 Å². The predicted octanol–water partition coefficient (Wildman–Crippen LogP) is 2.56. The van der Waals surface area contributed by atoms with Crippen molar-refractivity contribution in [2.24, 2.45) is 0 Å². The van der Waals surface area contributed by atoms with Crippen LogP contribution in [0.4, 0.5) is 9.52 Å². The molecule has 4 aromatic rings. The Morgan fingerprint density at radius 2 is 2.17 bits per heavy atom. The highest BCUT2D eigenvalue weighted by molar-refractivity contribution is 7.14. The van der Waals surface area contributed by atoms with E-state index in [9.17, 15) is 9.18 Å². The fraction of sp³-hybridized carbons (Fsp3) is 0.158. The molecule has 8 nitrogen and oxygen atoms in total. The van der Waals surface area contributed by atoms with E-state index in [1.54, 1.807) is 17.5 Å². The second-order valence-electron chi connectivity index (χ2n) is 6.00. The highest BCUT2D eigenvalue weighted by atomic mass is 32.1. The lowest BCUT2D eigenvalue weighted by atomic mass is 10.2. The average molecular weight is 413 g/mol. The molecule has 0 aliphatic heterocycles. The number of ether oxygens (including phenoxy) is 1. The zero-order valence-electron chi connectivity index (χ0n) is 15.1. The number of aromatic nitrogens is 4. The molecule has 0 aliphatic carbocycles. The summed E-state index contributed by atoms with van der Waals surface area (Å²) in [6, 6.07) is 7.30. The molecule has 0 saturated carbocycles. The standard InChI is InChI=1S/C19H16FN5O3S/c20-11-2-1-3-12(8-11)28-9-15-24-16-13(18(27)25-15)4-5-21-17(16)14-10-29-19(23-14)22-6-7-26/h1-5,8,10,26H,6-7,9H2,(H,22,23)(H,24,25,27). The van der Waals surface area contributed by atoms with Crippen molar-refractivity contribution in [1.82, 2.24) is 19.9 Å². The van der Waals surface area contributed by atoms with Gasteiger partial charge in [-0.1, -0.05) is 6.07 Å². The molecule has 10 heteroatoms. The third kappa shape index (κ3) is 4.23. The summed E-state index contributed by atoms with van der Waals surface area (Å²) in [6.07, 6.45) is 1.53. The van der Waals surface area contributed by atoms with E-state index in [4.69, 9.17) is 9.84 Å². The minimum atomic E-state index is -0.414. The zero-order valence-corrected chi connectivity index (χ0v) is 15.9. The monoisotopic (exact) mass is 413 g/mol. The number of pyridine rings is 1. The van der Waals surface area contributed by atoms with Gasteiger partial charge in [-0.2, -0.15) is 0 Å². The summed E-state index contributed by atoms with van der Waals surface area (Å²) in [5, 5.41) is 14.7. The molecule has 0 aliphatic rings. The first-order chi connectivity index (χ1) is 14.1. The van der Waals surface area contributed by atoms with Gasteiger partial charge in [0.05, 0.1) is 12.0 Å². The minimum absolute atomic E-state index is 0.00691. The Morgan fingerprint density at radius 3 is 3.00 bits per heavy atom. The van der Waals surface area contributed by atoms with Crippen LogP contribution in [0.1, 0.15) is 5.82 Å². The van der Waals surface area contributed by atoms with Crippen molar-refractivity contribution < 1.29 is 14.2 Å². The molecule has 4 rings (SSSR count). The quantitative estimate of drug-likeness (QED) is 0.427. The van der Waals surface area contributed by atoms with Crippen LogP contribution in [-0.2, 0) is 6.61 Å². The fourth-order valence-electron chi connectivity index (χ4n) is 2.70. The zero-order chi connectivity index (χ0) is 20.2. The fourth-order valence-corrected chi connectivity index (χ4v) is 3.43. The number of benzene rings is 1. The van der Waals surface area contributed by atoms with Gasteiger partial charge >= 0.3 is 0 Å². The number of fused-ring (bicyclic) bond motifs is 1. The summed E-state index contributed by atoms with van der Waals surface area (Å²) in [5.41, 5.74) is 1.10. The number of halogens is 1. The Hall–Kier alpha value is -3.37. The number of nitrogens with zero attached hydrogens (tertiary/aromatic N) is 3. The summed E-state index contributed by atoms with van der Waals surface area (Å²) in [5.74, 6) is 0.205. The molecule has 0 amide bonds. The average Bonchev–Trinajstić information content (AvgIpc) is 3.19. The molecule has 0 fully saturated rings. The maximum absolute atomic E-state index is 13.3. The summed E-state index contributed by atoms with van der Waals surface area (Å²) < 4.78 is 18.8. The number of anilines is 1. The van der Waals surface area contributed by atoms with Gasteiger partial charge in [-0.25, -0.2) is 14.4 Å². The van der Waals surface area contributed by atoms with Crippen LogP contribution in [0, 0.1) is 5.82 Å². The number of H-pyrrole nitrogens is 1. The van der Waals surface area contributed by atoms with Crippen LogP contribution in [0.2, 0.25) is 0 Å². The smallest absolute Gasteiger partial charge is 0.258 e. The van der Waals surface area contributed by atoms with Gasteiger partial charge in [0, 0.05) is 24.2 Å². The molecule has 1 aromatic carbocycles. The first-order valence-electron chi connectivity index (χ1n) is 8.71. The number of nitrogens with one attached hydrogen (secondary N) is 2. The summed E-state index contributed by atoms with van der Waals surface area (Å²) in [4.78, 5) is 28.4. The van der Waals surface area contributed by atoms with Crippen molar-refractivity contribution in [3.05, 3.63) is 63.9 Å². The highest BCUT2D eigenvalue weighted by Crippen LogP contribution is 2.27. The molecule has 3 heterocycles. The van der Waals surface area contributed by atoms with Crippen LogP contribution in [-0.4, -0.2) is 38.2 Å². The third-order valence-electron chi connectivity index (χ3n) is 3.98. The van der Waals surface area contributed by atoms with Crippen LogP contribution in [0.15, 0.2) is 46.7 Å². The Bertz CT molecular complexity index is 1210. The number of thiazole rings is 1. The number of aliphatic hydroxyl groups excluding tert-OH is 1. The van der Waals surface area contributed by atoms with Crippen molar-refractivity contribution in [3.63, 3.8) is 0 Å². The molecule has 0 spiro atoms. The van der Waals surface area contributed by atoms with Gasteiger partial charge in [-0.3, -0.25) is 9.78 Å². The number of aliphatic hydroxyl groups is 1. The molecule has 29 heavy (non-hydrogen) atoms. The van der Waals surface area contributed by atoms with Crippen molar-refractivity contribution in [2.75, 3.05) is 18.5 Å². The molecule has 0 bridgehead atoms. The minimum Gasteiger partial charge on any atom is -0.486 e. The van der Waals surface area contributed by atoms with Crippen molar-refractivity contribution in [1.29, 1.82) is 0 Å². The lowest BCUT2D eigenvalue weighted by Crippen LogP contribution is -2.14. The first-order valence-corrected chi connectivity index (χ1v) is 9.59. The van der Waals surface area contributed by atoms with E-state index >= 15 is 0 Å². The Labute approximate surface area is 168 Å². The van der Waals surface area contributed by atoms with E-state index in [-0.39, 0.29) is 24.6 Å². The topological polar surface area (TPSA) is 113 Å². The number of rotatable bonds is 7. The Morgan fingerprint density at radius 1 is 1.28 bits per heavy atom. The van der Waals surface area contributed by atoms with Crippen LogP contribution < -0.4 is 15.6 Å². The first kappa shape index (κ1) is 19.0. The summed E-state index contributed by atoms with van der Waals surface area (Å²) in [7, 11) is 0. The van der Waals surface area contributed by atoms with Crippen molar-refractivity contribution in [2.45, 2.75) is 6.61 Å². The molecular weight excluding hydrogens is 397 g/mol. The Balaban J connectivity index is 1.67. The molecule has 3 N–H and O–H groups in total. The van der Waals surface area contributed by atoms with E-state index in [0.29, 0.717) is 39.7 Å². The maximum atomic E-state index is 13.3. The molecule has 0 unspecified atom stereocenters. The molecular formula is C19H16FN5O3S. The second kappa shape index (κ2) is 8.33. The van der Waals surface area contributed by atoms with E-state index in [0.717, 1.165) is 0 Å². The summed E-state index contributed by atoms with van der Waals surface area (Å²) >= 11 is 1.36. The van der Waals surface area contributed by atoms with E-state index in [1.807, 2.05) is 0 Å².